The van der Waals surface area contributed by atoms with Crippen LogP contribution in [0.25, 0.3) is 0 Å². The minimum atomic E-state index is -0.295. The SMILES string of the molecule is CC(C)C1(CNCc2ccc(C#N)cc2F)CC1. The van der Waals surface area contributed by atoms with Crippen LogP contribution in [0.15, 0.2) is 18.2 Å². The van der Waals surface area contributed by atoms with Gasteiger partial charge in [0.2, 0.25) is 0 Å². The molecule has 0 aromatic heterocycles. The van der Waals surface area contributed by atoms with Gasteiger partial charge >= 0.3 is 0 Å². The van der Waals surface area contributed by atoms with Crippen LogP contribution in [-0.4, -0.2) is 6.54 Å². The second kappa shape index (κ2) is 5.07. The Labute approximate surface area is 108 Å². The molecule has 96 valence electrons. The molecule has 1 aliphatic carbocycles. The molecule has 0 heterocycles. The van der Waals surface area contributed by atoms with E-state index in [1.165, 1.54) is 18.9 Å². The fourth-order valence-corrected chi connectivity index (χ4v) is 2.33. The largest absolute Gasteiger partial charge is 0.312 e. The summed E-state index contributed by atoms with van der Waals surface area (Å²) in [5.74, 6) is 0.381. The van der Waals surface area contributed by atoms with Crippen molar-refractivity contribution >= 4 is 0 Å². The summed E-state index contributed by atoms with van der Waals surface area (Å²) < 4.78 is 13.6. The molecule has 0 saturated heterocycles. The first kappa shape index (κ1) is 13.0. The standard InChI is InChI=1S/C15H19FN2/c1-11(2)15(5-6-15)10-18-9-13-4-3-12(8-17)7-14(13)16/h3-4,7,11,18H,5-6,9-10H2,1-2H3. The van der Waals surface area contributed by atoms with Crippen LogP contribution in [0, 0.1) is 28.5 Å². The predicted molar refractivity (Wildman–Crippen MR) is 69.3 cm³/mol. The quantitative estimate of drug-likeness (QED) is 0.865. The van der Waals surface area contributed by atoms with Crippen molar-refractivity contribution in [2.75, 3.05) is 6.54 Å². The Bertz CT molecular complexity index is 470. The van der Waals surface area contributed by atoms with E-state index in [9.17, 15) is 4.39 Å². The van der Waals surface area contributed by atoms with Crippen LogP contribution in [0.1, 0.15) is 37.8 Å². The zero-order chi connectivity index (χ0) is 13.2. The van der Waals surface area contributed by atoms with E-state index in [1.807, 2.05) is 6.07 Å². The molecule has 1 fully saturated rings. The zero-order valence-electron chi connectivity index (χ0n) is 11.0. The van der Waals surface area contributed by atoms with Gasteiger partial charge in [0.1, 0.15) is 5.82 Å². The Morgan fingerprint density at radius 3 is 2.67 bits per heavy atom. The van der Waals surface area contributed by atoms with E-state index in [0.717, 1.165) is 6.54 Å². The number of nitriles is 1. The first-order valence-electron chi connectivity index (χ1n) is 6.47. The Balaban J connectivity index is 1.90. The third-order valence-electron chi connectivity index (χ3n) is 4.09. The summed E-state index contributed by atoms with van der Waals surface area (Å²) in [5, 5.41) is 12.0. The smallest absolute Gasteiger partial charge is 0.129 e. The van der Waals surface area contributed by atoms with Crippen molar-refractivity contribution in [3.8, 4) is 6.07 Å². The molecule has 0 radical (unpaired) electrons. The van der Waals surface area contributed by atoms with E-state index in [1.54, 1.807) is 12.1 Å². The highest BCUT2D eigenvalue weighted by atomic mass is 19.1. The molecule has 0 unspecified atom stereocenters. The van der Waals surface area contributed by atoms with Crippen LogP contribution in [0.4, 0.5) is 4.39 Å². The summed E-state index contributed by atoms with van der Waals surface area (Å²) in [6, 6.07) is 6.59. The highest BCUT2D eigenvalue weighted by Gasteiger charge is 2.44. The van der Waals surface area contributed by atoms with E-state index in [4.69, 9.17) is 5.26 Å². The molecule has 2 rings (SSSR count). The number of hydrogen-bond donors (Lipinski definition) is 1. The Morgan fingerprint density at radius 1 is 1.44 bits per heavy atom. The molecule has 1 aromatic carbocycles. The van der Waals surface area contributed by atoms with Crippen LogP contribution in [0.5, 0.6) is 0 Å². The van der Waals surface area contributed by atoms with Gasteiger partial charge in [-0.2, -0.15) is 5.26 Å². The monoisotopic (exact) mass is 246 g/mol. The molecule has 0 spiro atoms. The van der Waals surface area contributed by atoms with Gasteiger partial charge in [0, 0.05) is 18.7 Å². The fourth-order valence-electron chi connectivity index (χ4n) is 2.33. The number of rotatable bonds is 5. The van der Waals surface area contributed by atoms with Crippen LogP contribution in [0.3, 0.4) is 0 Å². The summed E-state index contributed by atoms with van der Waals surface area (Å²) in [4.78, 5) is 0. The Morgan fingerprint density at radius 2 is 2.17 bits per heavy atom. The van der Waals surface area contributed by atoms with Crippen LogP contribution in [0.2, 0.25) is 0 Å². The van der Waals surface area contributed by atoms with E-state index in [2.05, 4.69) is 19.2 Å². The third kappa shape index (κ3) is 2.70. The van der Waals surface area contributed by atoms with Crippen LogP contribution >= 0.6 is 0 Å². The second-order valence-electron chi connectivity index (χ2n) is 5.54. The van der Waals surface area contributed by atoms with E-state index in [-0.39, 0.29) is 5.82 Å². The number of nitrogens with one attached hydrogen (secondary N) is 1. The summed E-state index contributed by atoms with van der Waals surface area (Å²) in [7, 11) is 0. The Kier molecular flexibility index (Phi) is 3.68. The second-order valence-corrected chi connectivity index (χ2v) is 5.54. The maximum absolute atomic E-state index is 13.6. The lowest BCUT2D eigenvalue weighted by atomic mass is 9.92. The summed E-state index contributed by atoms with van der Waals surface area (Å²) in [6.45, 7) is 5.98. The van der Waals surface area contributed by atoms with Crippen LogP contribution in [-0.2, 0) is 6.54 Å². The molecule has 3 heteroatoms. The average Bonchev–Trinajstić information content (AvgIpc) is 3.12. The van der Waals surface area contributed by atoms with E-state index >= 15 is 0 Å². The van der Waals surface area contributed by atoms with Gasteiger partial charge in [-0.15, -0.1) is 0 Å². The number of halogens is 1. The predicted octanol–water partition coefficient (Wildman–Crippen LogP) is 3.22. The fraction of sp³-hybridized carbons (Fsp3) is 0.533. The van der Waals surface area contributed by atoms with Crippen molar-refractivity contribution in [1.82, 2.24) is 5.32 Å². The van der Waals surface area contributed by atoms with Gasteiger partial charge in [-0.1, -0.05) is 19.9 Å². The highest BCUT2D eigenvalue weighted by Crippen LogP contribution is 2.51. The Hall–Kier alpha value is -1.40. The average molecular weight is 246 g/mol. The molecule has 2 nitrogen and oxygen atoms in total. The lowest BCUT2D eigenvalue weighted by Gasteiger charge is -2.20. The van der Waals surface area contributed by atoms with Gasteiger partial charge < -0.3 is 5.32 Å². The third-order valence-corrected chi connectivity index (χ3v) is 4.09. The van der Waals surface area contributed by atoms with Gasteiger partial charge in [0.25, 0.3) is 0 Å². The van der Waals surface area contributed by atoms with Crippen molar-refractivity contribution in [1.29, 1.82) is 5.26 Å². The molecular weight excluding hydrogens is 227 g/mol. The van der Waals surface area contributed by atoms with E-state index < -0.39 is 0 Å². The molecule has 1 saturated carbocycles. The highest BCUT2D eigenvalue weighted by molar-refractivity contribution is 5.32. The molecule has 0 aliphatic heterocycles. The number of nitrogens with zero attached hydrogens (tertiary/aromatic N) is 1. The molecule has 1 N–H and O–H groups in total. The maximum atomic E-state index is 13.6. The molecule has 0 atom stereocenters. The van der Waals surface area contributed by atoms with Crippen molar-refractivity contribution < 1.29 is 4.39 Å². The molecule has 18 heavy (non-hydrogen) atoms. The normalized spacial score (nSPS) is 16.6. The first-order valence-corrected chi connectivity index (χ1v) is 6.47. The molecule has 0 amide bonds. The van der Waals surface area contributed by atoms with E-state index in [0.29, 0.717) is 29.0 Å². The molecular formula is C15H19FN2. The molecule has 1 aromatic rings. The maximum Gasteiger partial charge on any atom is 0.129 e. The van der Waals surface area contributed by atoms with Crippen molar-refractivity contribution in [2.45, 2.75) is 33.2 Å². The topological polar surface area (TPSA) is 35.8 Å². The first-order chi connectivity index (χ1) is 8.57. The van der Waals surface area contributed by atoms with Gasteiger partial charge in [-0.05, 0) is 36.3 Å². The summed E-state index contributed by atoms with van der Waals surface area (Å²) in [5.41, 5.74) is 1.44. The molecule has 1 aliphatic rings. The van der Waals surface area contributed by atoms with Crippen molar-refractivity contribution in [3.05, 3.63) is 35.1 Å². The van der Waals surface area contributed by atoms with Crippen molar-refractivity contribution in [2.24, 2.45) is 11.3 Å². The summed E-state index contributed by atoms with van der Waals surface area (Å²) in [6.07, 6.45) is 2.54. The minimum Gasteiger partial charge on any atom is -0.312 e. The molecule has 0 bridgehead atoms. The van der Waals surface area contributed by atoms with Crippen LogP contribution < -0.4 is 5.32 Å². The van der Waals surface area contributed by atoms with Gasteiger partial charge in [-0.25, -0.2) is 4.39 Å². The van der Waals surface area contributed by atoms with Gasteiger partial charge in [0.15, 0.2) is 0 Å². The van der Waals surface area contributed by atoms with Crippen molar-refractivity contribution in [3.63, 3.8) is 0 Å². The van der Waals surface area contributed by atoms with Gasteiger partial charge in [0.05, 0.1) is 11.6 Å². The lowest BCUT2D eigenvalue weighted by molar-refractivity contribution is 0.337. The summed E-state index contributed by atoms with van der Waals surface area (Å²) >= 11 is 0. The van der Waals surface area contributed by atoms with Gasteiger partial charge in [-0.3, -0.25) is 0 Å². The zero-order valence-corrected chi connectivity index (χ0v) is 11.0. The number of hydrogen-bond acceptors (Lipinski definition) is 2. The lowest BCUT2D eigenvalue weighted by Crippen LogP contribution is -2.27. The number of benzene rings is 1. The minimum absolute atomic E-state index is 0.295.